The Morgan fingerprint density at radius 2 is 1.76 bits per heavy atom. The van der Waals surface area contributed by atoms with Crippen molar-refractivity contribution in [1.82, 2.24) is 20.2 Å². The molecule has 1 fully saturated rings. The Kier molecular flexibility index (Phi) is 5.85. The van der Waals surface area contributed by atoms with Gasteiger partial charge in [-0.1, -0.05) is 23.2 Å². The lowest BCUT2D eigenvalue weighted by Gasteiger charge is -2.16. The van der Waals surface area contributed by atoms with Gasteiger partial charge in [-0.25, -0.2) is 0 Å². The topological polar surface area (TPSA) is 81.0 Å². The second-order valence-electron chi connectivity index (χ2n) is 8.90. The summed E-state index contributed by atoms with van der Waals surface area (Å²) in [5.41, 5.74) is 5.67. The number of H-pyrrole nitrogens is 2. The maximum atomic E-state index is 12.7. The van der Waals surface area contributed by atoms with Gasteiger partial charge >= 0.3 is 0 Å². The molecule has 0 bridgehead atoms. The van der Waals surface area contributed by atoms with Crippen LogP contribution in [0.1, 0.15) is 23.1 Å². The van der Waals surface area contributed by atoms with E-state index in [9.17, 15) is 9.59 Å². The fraction of sp³-hybridized carbons (Fsp3) is 0.308. The highest BCUT2D eigenvalue weighted by Crippen LogP contribution is 2.25. The van der Waals surface area contributed by atoms with Crippen molar-refractivity contribution in [3.63, 3.8) is 0 Å². The number of halogens is 1. The van der Waals surface area contributed by atoms with E-state index in [1.807, 2.05) is 30.6 Å². The maximum Gasteiger partial charge on any atom is 0.225 e. The van der Waals surface area contributed by atoms with E-state index in [1.54, 1.807) is 4.90 Å². The van der Waals surface area contributed by atoms with Crippen LogP contribution in [-0.4, -0.2) is 46.3 Å². The molecular weight excluding hydrogens is 436 g/mol. The average Bonchev–Trinajstić information content (AvgIpc) is 3.49. The highest BCUT2D eigenvalue weighted by Gasteiger charge is 2.33. The Labute approximate surface area is 197 Å². The molecule has 3 heterocycles. The number of carbonyl (C=O) groups excluding carboxylic acids is 2. The van der Waals surface area contributed by atoms with Crippen LogP contribution in [0.25, 0.3) is 21.8 Å². The zero-order valence-electron chi connectivity index (χ0n) is 18.6. The number of benzene rings is 2. The summed E-state index contributed by atoms with van der Waals surface area (Å²) < 4.78 is 0. The molecule has 1 atom stereocenters. The van der Waals surface area contributed by atoms with Crippen molar-refractivity contribution in [1.29, 1.82) is 0 Å². The molecule has 6 nitrogen and oxygen atoms in total. The van der Waals surface area contributed by atoms with Crippen molar-refractivity contribution in [3.05, 3.63) is 70.5 Å². The zero-order chi connectivity index (χ0) is 22.9. The van der Waals surface area contributed by atoms with Crippen LogP contribution in [0, 0.1) is 12.8 Å². The van der Waals surface area contributed by atoms with Gasteiger partial charge in [0.05, 0.1) is 5.92 Å². The average molecular weight is 463 g/mol. The fourth-order valence-electron chi connectivity index (χ4n) is 4.74. The lowest BCUT2D eigenvalue weighted by molar-refractivity contribution is -0.129. The Morgan fingerprint density at radius 3 is 2.55 bits per heavy atom. The second-order valence-corrected chi connectivity index (χ2v) is 9.34. The van der Waals surface area contributed by atoms with E-state index in [0.717, 1.165) is 34.8 Å². The van der Waals surface area contributed by atoms with Gasteiger partial charge in [-0.05, 0) is 61.2 Å². The number of aromatic nitrogens is 2. The molecule has 0 radical (unpaired) electrons. The Balaban J connectivity index is 1.14. The molecule has 2 aromatic heterocycles. The van der Waals surface area contributed by atoms with Crippen LogP contribution in [-0.2, 0) is 22.4 Å². The lowest BCUT2D eigenvalue weighted by atomic mass is 10.1. The maximum absolute atomic E-state index is 12.7. The van der Waals surface area contributed by atoms with Crippen molar-refractivity contribution in [2.75, 3.05) is 19.6 Å². The highest BCUT2D eigenvalue weighted by atomic mass is 35.5. The van der Waals surface area contributed by atoms with E-state index in [-0.39, 0.29) is 24.2 Å². The normalized spacial score (nSPS) is 16.2. The summed E-state index contributed by atoms with van der Waals surface area (Å²) >= 11 is 6.14. The molecule has 5 rings (SSSR count). The molecule has 7 heteroatoms. The summed E-state index contributed by atoms with van der Waals surface area (Å²) in [5, 5.41) is 6.01. The van der Waals surface area contributed by atoms with Crippen molar-refractivity contribution >= 4 is 45.2 Å². The highest BCUT2D eigenvalue weighted by molar-refractivity contribution is 6.31. The summed E-state index contributed by atoms with van der Waals surface area (Å²) in [6.07, 6.45) is 5.73. The lowest BCUT2D eigenvalue weighted by Crippen LogP contribution is -2.34. The number of nitrogens with zero attached hydrogens (tertiary/aromatic N) is 1. The minimum absolute atomic E-state index is 0.0410. The zero-order valence-corrected chi connectivity index (χ0v) is 19.3. The second kappa shape index (κ2) is 8.94. The summed E-state index contributed by atoms with van der Waals surface area (Å²) in [7, 11) is 0. The molecule has 1 saturated heterocycles. The van der Waals surface area contributed by atoms with Crippen LogP contribution in [0.2, 0.25) is 5.02 Å². The number of aromatic amines is 2. The third-order valence-electron chi connectivity index (χ3n) is 6.58. The number of hydrogen-bond acceptors (Lipinski definition) is 2. The fourth-order valence-corrected chi connectivity index (χ4v) is 4.91. The Hall–Kier alpha value is -3.25. The van der Waals surface area contributed by atoms with E-state index in [1.165, 1.54) is 16.5 Å². The molecule has 1 aliphatic heterocycles. The predicted octanol–water partition coefficient (Wildman–Crippen LogP) is 4.36. The Bertz CT molecular complexity index is 1340. The first-order valence-electron chi connectivity index (χ1n) is 11.4. The molecule has 0 spiro atoms. The number of rotatable bonds is 7. The third kappa shape index (κ3) is 4.48. The molecule has 0 unspecified atom stereocenters. The van der Waals surface area contributed by atoms with Gasteiger partial charge in [-0.15, -0.1) is 0 Å². The minimum Gasteiger partial charge on any atom is -0.361 e. The van der Waals surface area contributed by atoms with E-state index in [0.29, 0.717) is 24.7 Å². The standard InChI is InChI=1S/C26H27ClN4O2/c1-16-2-4-23-21(10-16)17(13-29-23)6-8-28-26(33)19-11-25(32)31(15-19)9-7-18-14-30-24-5-3-20(27)12-22(18)24/h2-5,10,12-14,19,29-30H,6-9,11,15H2,1H3,(H,28,33)/t19-/m1/s1. The van der Waals surface area contributed by atoms with Gasteiger partial charge in [-0.3, -0.25) is 9.59 Å². The van der Waals surface area contributed by atoms with Crippen LogP contribution in [0.4, 0.5) is 0 Å². The summed E-state index contributed by atoms with van der Waals surface area (Å²) in [6, 6.07) is 12.1. The van der Waals surface area contributed by atoms with Crippen LogP contribution < -0.4 is 5.32 Å². The van der Waals surface area contributed by atoms with E-state index < -0.39 is 0 Å². The first-order valence-corrected chi connectivity index (χ1v) is 11.7. The van der Waals surface area contributed by atoms with Gasteiger partial charge in [0.25, 0.3) is 0 Å². The molecule has 3 N–H and O–H groups in total. The number of carbonyl (C=O) groups is 2. The van der Waals surface area contributed by atoms with Gasteiger partial charge in [0.1, 0.15) is 0 Å². The van der Waals surface area contributed by atoms with Crippen molar-refractivity contribution in [2.45, 2.75) is 26.2 Å². The molecular formula is C26H27ClN4O2. The monoisotopic (exact) mass is 462 g/mol. The van der Waals surface area contributed by atoms with Crippen LogP contribution in [0.5, 0.6) is 0 Å². The van der Waals surface area contributed by atoms with Gasteiger partial charge in [0.15, 0.2) is 0 Å². The van der Waals surface area contributed by atoms with Gasteiger partial charge in [0, 0.05) is 65.3 Å². The summed E-state index contributed by atoms with van der Waals surface area (Å²) in [4.78, 5) is 33.6. The summed E-state index contributed by atoms with van der Waals surface area (Å²) in [5.74, 6) is -0.291. The molecule has 2 amide bonds. The number of amides is 2. The number of hydrogen-bond donors (Lipinski definition) is 3. The molecule has 33 heavy (non-hydrogen) atoms. The first kappa shape index (κ1) is 21.6. The number of likely N-dealkylation sites (tertiary alicyclic amines) is 1. The number of fused-ring (bicyclic) bond motifs is 2. The third-order valence-corrected chi connectivity index (χ3v) is 6.82. The smallest absolute Gasteiger partial charge is 0.225 e. The quantitative estimate of drug-likeness (QED) is 0.381. The minimum atomic E-state index is -0.292. The van der Waals surface area contributed by atoms with E-state index in [4.69, 9.17) is 11.6 Å². The van der Waals surface area contributed by atoms with Gasteiger partial charge in [0.2, 0.25) is 11.8 Å². The van der Waals surface area contributed by atoms with Crippen LogP contribution in [0.15, 0.2) is 48.8 Å². The van der Waals surface area contributed by atoms with Crippen LogP contribution >= 0.6 is 11.6 Å². The molecule has 0 saturated carbocycles. The SMILES string of the molecule is Cc1ccc2[nH]cc(CCNC(=O)[C@@H]3CC(=O)N(CCc4c[nH]c5ccc(Cl)cc45)C3)c2c1. The predicted molar refractivity (Wildman–Crippen MR) is 131 cm³/mol. The van der Waals surface area contributed by atoms with Crippen molar-refractivity contribution < 1.29 is 9.59 Å². The number of nitrogens with one attached hydrogen (secondary N) is 3. The van der Waals surface area contributed by atoms with Crippen molar-refractivity contribution in [3.8, 4) is 0 Å². The number of aryl methyl sites for hydroxylation is 1. The van der Waals surface area contributed by atoms with Gasteiger partial charge < -0.3 is 20.2 Å². The first-order chi connectivity index (χ1) is 16.0. The summed E-state index contributed by atoms with van der Waals surface area (Å²) in [6.45, 7) is 3.70. The molecule has 1 aliphatic rings. The van der Waals surface area contributed by atoms with E-state index >= 15 is 0 Å². The van der Waals surface area contributed by atoms with Crippen LogP contribution in [0.3, 0.4) is 0 Å². The van der Waals surface area contributed by atoms with Crippen molar-refractivity contribution in [2.24, 2.45) is 5.92 Å². The van der Waals surface area contributed by atoms with Gasteiger partial charge in [-0.2, -0.15) is 0 Å². The molecule has 170 valence electrons. The molecule has 4 aromatic rings. The largest absolute Gasteiger partial charge is 0.361 e. The van der Waals surface area contributed by atoms with E-state index in [2.05, 4.69) is 40.4 Å². The molecule has 2 aromatic carbocycles. The Morgan fingerprint density at radius 1 is 1.06 bits per heavy atom. The molecule has 0 aliphatic carbocycles.